The van der Waals surface area contributed by atoms with E-state index >= 15 is 0 Å². The molecule has 0 aliphatic heterocycles. The van der Waals surface area contributed by atoms with Crippen LogP contribution in [0.2, 0.25) is 0 Å². The highest BCUT2D eigenvalue weighted by Gasteiger charge is 2.31. The lowest BCUT2D eigenvalue weighted by molar-refractivity contribution is -0.168. The minimum Gasteiger partial charge on any atom is -0.493 e. The molecule has 15 nitrogen and oxygen atoms in total. The molecule has 3 unspecified atom stereocenters. The Morgan fingerprint density at radius 2 is 1.72 bits per heavy atom. The smallest absolute Gasteiger partial charge is 0.326 e. The van der Waals surface area contributed by atoms with E-state index in [9.17, 15) is 39.1 Å². The zero-order valence-corrected chi connectivity index (χ0v) is 26.1. The summed E-state index contributed by atoms with van der Waals surface area (Å²) < 4.78 is 11.3. The number of carboxylic acids is 2. The fourth-order valence-electron chi connectivity index (χ4n) is 4.79. The summed E-state index contributed by atoms with van der Waals surface area (Å²) in [6.07, 6.45) is 2.86. The predicted molar refractivity (Wildman–Crippen MR) is 163 cm³/mol. The lowest BCUT2D eigenvalue weighted by Crippen LogP contribution is -2.47. The molecule has 0 fully saturated rings. The highest BCUT2D eigenvalue weighted by Crippen LogP contribution is 2.29. The highest BCUT2D eigenvalue weighted by molar-refractivity contribution is 5.99. The van der Waals surface area contributed by atoms with E-state index in [1.54, 1.807) is 13.8 Å². The summed E-state index contributed by atoms with van der Waals surface area (Å²) in [6.45, 7) is 5.40. The quantitative estimate of drug-likeness (QED) is 0.0380. The van der Waals surface area contributed by atoms with E-state index in [-0.39, 0.29) is 48.9 Å². The van der Waals surface area contributed by atoms with Crippen LogP contribution < -0.4 is 20.7 Å². The molecule has 0 aliphatic carbocycles. The number of rotatable bonds is 21. The number of nitrogens with one attached hydrogen (secondary N) is 3. The average molecular weight is 647 g/mol. The van der Waals surface area contributed by atoms with Crippen LogP contribution in [-0.4, -0.2) is 81.9 Å². The second-order valence-electron chi connectivity index (χ2n) is 10.4. The van der Waals surface area contributed by atoms with Crippen LogP contribution >= 0.6 is 0 Å². The first-order chi connectivity index (χ1) is 22.0. The monoisotopic (exact) mass is 646 g/mol. The zero-order valence-electron chi connectivity index (χ0n) is 26.1. The van der Waals surface area contributed by atoms with E-state index < -0.39 is 54.1 Å². The van der Waals surface area contributed by atoms with Crippen molar-refractivity contribution in [3.63, 3.8) is 0 Å². The molecule has 0 spiro atoms. The van der Waals surface area contributed by atoms with Crippen LogP contribution in [0.15, 0.2) is 34.7 Å². The van der Waals surface area contributed by atoms with E-state index in [1.165, 1.54) is 30.3 Å². The Labute approximate surface area is 266 Å². The number of unbranched alkanes of at least 4 members (excludes halogenated alkanes) is 2. The normalized spacial score (nSPS) is 12.7. The second-order valence-corrected chi connectivity index (χ2v) is 10.4. The van der Waals surface area contributed by atoms with Gasteiger partial charge in [-0.25, -0.2) is 9.86 Å². The summed E-state index contributed by atoms with van der Waals surface area (Å²) >= 11 is 0. The molecule has 6 N–H and O–H groups in total. The number of carboxylic acid groups (broad SMARTS) is 2. The summed E-state index contributed by atoms with van der Waals surface area (Å²) in [6, 6.07) is 5.19. The van der Waals surface area contributed by atoms with Crippen molar-refractivity contribution in [2.24, 2.45) is 5.92 Å². The van der Waals surface area contributed by atoms with Gasteiger partial charge in [0.25, 0.3) is 11.8 Å². The van der Waals surface area contributed by atoms with Gasteiger partial charge in [0.15, 0.2) is 5.76 Å². The van der Waals surface area contributed by atoms with Crippen LogP contribution in [0.5, 0.6) is 5.75 Å². The van der Waals surface area contributed by atoms with Crippen LogP contribution in [0.4, 0.5) is 0 Å². The number of hydroxylamine groups is 2. The van der Waals surface area contributed by atoms with Crippen LogP contribution in [0.3, 0.4) is 0 Å². The minimum absolute atomic E-state index is 0.0169. The van der Waals surface area contributed by atoms with Gasteiger partial charge in [-0.15, -0.1) is 0 Å². The molecule has 1 heterocycles. The molecular weight excluding hydrogens is 604 g/mol. The number of carbonyl (C=O) groups is 6. The van der Waals surface area contributed by atoms with E-state index in [0.717, 1.165) is 19.3 Å². The Bertz CT molecular complexity index is 1360. The molecule has 4 amide bonds. The summed E-state index contributed by atoms with van der Waals surface area (Å²) in [4.78, 5) is 72.1. The van der Waals surface area contributed by atoms with E-state index in [0.29, 0.717) is 23.5 Å². The van der Waals surface area contributed by atoms with E-state index in [1.807, 2.05) is 6.92 Å². The number of hydrogen-bond donors (Lipinski definition) is 6. The molecule has 0 saturated heterocycles. The van der Waals surface area contributed by atoms with Gasteiger partial charge in [0.2, 0.25) is 12.3 Å². The number of aliphatic carboxylic acids is 2. The molecule has 2 rings (SSSR count). The van der Waals surface area contributed by atoms with Crippen LogP contribution in [0.1, 0.15) is 86.6 Å². The molecule has 0 radical (unpaired) electrons. The third-order valence-electron chi connectivity index (χ3n) is 7.19. The third-order valence-corrected chi connectivity index (χ3v) is 7.19. The number of furan rings is 1. The number of carbonyl (C=O) groups excluding carboxylic acids is 4. The van der Waals surface area contributed by atoms with Crippen molar-refractivity contribution in [3.8, 4) is 17.1 Å². The van der Waals surface area contributed by atoms with Gasteiger partial charge >= 0.3 is 11.9 Å². The van der Waals surface area contributed by atoms with Crippen LogP contribution in [-0.2, 0) is 19.2 Å². The Kier molecular flexibility index (Phi) is 15.2. The van der Waals surface area contributed by atoms with Gasteiger partial charge in [-0.1, -0.05) is 39.2 Å². The van der Waals surface area contributed by atoms with Crippen molar-refractivity contribution >= 4 is 36.1 Å². The Balaban J connectivity index is 2.11. The van der Waals surface area contributed by atoms with Gasteiger partial charge in [0.05, 0.1) is 30.8 Å². The molecule has 2 aromatic rings. The van der Waals surface area contributed by atoms with Crippen molar-refractivity contribution in [3.05, 3.63) is 41.7 Å². The number of benzene rings is 1. The maximum absolute atomic E-state index is 12.9. The molecule has 0 bridgehead atoms. The molecule has 15 heteroatoms. The van der Waals surface area contributed by atoms with Gasteiger partial charge in [0, 0.05) is 12.0 Å². The predicted octanol–water partition coefficient (Wildman–Crippen LogP) is 3.02. The molecule has 1 aromatic heterocycles. The fraction of sp³-hybridized carbons (Fsp3) is 0.484. The Hall–Kier alpha value is -4.92. The van der Waals surface area contributed by atoms with Crippen molar-refractivity contribution in [2.45, 2.75) is 77.8 Å². The van der Waals surface area contributed by atoms with Crippen molar-refractivity contribution in [2.75, 3.05) is 13.3 Å². The topological polar surface area (TPSA) is 225 Å². The maximum Gasteiger partial charge on any atom is 0.326 e. The first kappa shape index (κ1) is 37.3. The molecule has 3 atom stereocenters. The number of amides is 4. The molecule has 252 valence electrons. The Morgan fingerprint density at radius 1 is 0.978 bits per heavy atom. The summed E-state index contributed by atoms with van der Waals surface area (Å²) in [5.41, 5.74) is 0.459. The largest absolute Gasteiger partial charge is 0.493 e. The molecule has 46 heavy (non-hydrogen) atoms. The van der Waals surface area contributed by atoms with Gasteiger partial charge in [0.1, 0.15) is 17.6 Å². The average Bonchev–Trinajstić information content (AvgIpc) is 3.53. The standard InChI is InChI=1S/C31H42N4O11/c1-4-7-8-9-20(23(5-2)35(44)18-36)28(39)32-17-33-30(41)25-14-13-24(46-25)19-10-11-21(26(16-19)45-6-3)29(40)34-22(31(42)43)12-15-27(37)38/h10-11,13-14,16,18,20,22-23,44H,4-9,12,15,17H2,1-3H3,(H,32,39)(H,33,41)(H,34,40)(H,37,38)(H,42,43). The highest BCUT2D eigenvalue weighted by atomic mass is 16.5. The van der Waals surface area contributed by atoms with E-state index in [4.69, 9.17) is 14.3 Å². The fourth-order valence-corrected chi connectivity index (χ4v) is 4.79. The number of ether oxygens (including phenoxy) is 1. The van der Waals surface area contributed by atoms with Crippen LogP contribution in [0, 0.1) is 5.92 Å². The summed E-state index contributed by atoms with van der Waals surface area (Å²) in [5, 5.41) is 36.2. The van der Waals surface area contributed by atoms with Crippen molar-refractivity contribution in [1.29, 1.82) is 0 Å². The third kappa shape index (κ3) is 10.9. The number of hydrogen-bond acceptors (Lipinski definition) is 9. The SMILES string of the molecule is CCCCCC(C(=O)NCNC(=O)c1ccc(-c2ccc(C(=O)NC(CCC(=O)O)C(=O)O)c(OCC)c2)o1)C(CC)N(O)C=O. The van der Waals surface area contributed by atoms with Gasteiger partial charge < -0.3 is 35.3 Å². The lowest BCUT2D eigenvalue weighted by Gasteiger charge is -2.29. The van der Waals surface area contributed by atoms with Crippen molar-refractivity contribution < 1.29 is 53.3 Å². The molecule has 0 saturated carbocycles. The number of nitrogens with zero attached hydrogens (tertiary/aromatic N) is 1. The summed E-state index contributed by atoms with van der Waals surface area (Å²) in [5.74, 6) is -4.78. The van der Waals surface area contributed by atoms with Gasteiger partial charge in [-0.05, 0) is 50.5 Å². The molecule has 1 aromatic carbocycles. The minimum atomic E-state index is -1.42. The lowest BCUT2D eigenvalue weighted by atomic mass is 9.90. The van der Waals surface area contributed by atoms with Crippen LogP contribution in [0.25, 0.3) is 11.3 Å². The van der Waals surface area contributed by atoms with Gasteiger partial charge in [-0.2, -0.15) is 0 Å². The summed E-state index contributed by atoms with van der Waals surface area (Å²) in [7, 11) is 0. The molecular formula is C31H42N4O11. The first-order valence-electron chi connectivity index (χ1n) is 15.1. The van der Waals surface area contributed by atoms with Crippen molar-refractivity contribution in [1.82, 2.24) is 21.0 Å². The van der Waals surface area contributed by atoms with E-state index in [2.05, 4.69) is 16.0 Å². The maximum atomic E-state index is 12.9. The first-order valence-corrected chi connectivity index (χ1v) is 15.1. The van der Waals surface area contributed by atoms with Gasteiger partial charge in [-0.3, -0.25) is 29.2 Å². The second kappa shape index (κ2) is 18.8. The molecule has 0 aliphatic rings. The zero-order chi connectivity index (χ0) is 34.2. The Morgan fingerprint density at radius 3 is 2.33 bits per heavy atom.